The van der Waals surface area contributed by atoms with Gasteiger partial charge in [0.05, 0.1) is 0 Å². The van der Waals surface area contributed by atoms with E-state index in [-0.39, 0.29) is 5.41 Å². The molecule has 0 aromatic carbocycles. The maximum atomic E-state index is 12.2. The predicted octanol–water partition coefficient (Wildman–Crippen LogP) is 3.35. The second kappa shape index (κ2) is 3.20. The number of rotatable bonds is 2. The Kier molecular flexibility index (Phi) is 2.05. The second-order valence-electron chi connectivity index (χ2n) is 6.06. The summed E-state index contributed by atoms with van der Waals surface area (Å²) in [6.07, 6.45) is 11.6. The summed E-state index contributed by atoms with van der Waals surface area (Å²) in [6.45, 7) is 1.96. The van der Waals surface area contributed by atoms with Gasteiger partial charge in [-0.15, -0.1) is 0 Å². The Balaban J connectivity index is 1.89. The number of carbonyl (C=O) groups is 1. The third-order valence-electron chi connectivity index (χ3n) is 4.88. The Morgan fingerprint density at radius 1 is 1.07 bits per heavy atom. The molecule has 4 aliphatic rings. The second-order valence-corrected chi connectivity index (χ2v) is 6.06. The smallest absolute Gasteiger partial charge is 0.161 e. The van der Waals surface area contributed by atoms with Crippen LogP contribution in [0.4, 0.5) is 0 Å². The van der Waals surface area contributed by atoms with Gasteiger partial charge in [-0.2, -0.15) is 0 Å². The zero-order valence-corrected chi connectivity index (χ0v) is 9.54. The van der Waals surface area contributed by atoms with Crippen molar-refractivity contribution in [1.82, 2.24) is 0 Å². The summed E-state index contributed by atoms with van der Waals surface area (Å²) in [5.74, 6) is 3.07. The maximum Gasteiger partial charge on any atom is 0.161 e. The van der Waals surface area contributed by atoms with Crippen LogP contribution in [0.15, 0.2) is 12.2 Å². The van der Waals surface area contributed by atoms with Gasteiger partial charge in [0.2, 0.25) is 0 Å². The third-order valence-corrected chi connectivity index (χ3v) is 4.88. The molecule has 4 saturated carbocycles. The van der Waals surface area contributed by atoms with Crippen LogP contribution in [-0.4, -0.2) is 5.78 Å². The molecular formula is C14H20O. The number of hydrogen-bond donors (Lipinski definition) is 0. The van der Waals surface area contributed by atoms with Gasteiger partial charge in [0, 0.05) is 5.41 Å². The molecule has 4 fully saturated rings. The molecule has 4 aliphatic carbocycles. The molecule has 4 bridgehead atoms. The first-order valence-electron chi connectivity index (χ1n) is 6.39. The Labute approximate surface area is 91.9 Å². The van der Waals surface area contributed by atoms with Crippen molar-refractivity contribution in [1.29, 1.82) is 0 Å². The zero-order valence-electron chi connectivity index (χ0n) is 9.54. The van der Waals surface area contributed by atoms with Gasteiger partial charge in [0.15, 0.2) is 5.78 Å². The van der Waals surface area contributed by atoms with Crippen molar-refractivity contribution in [3.05, 3.63) is 12.2 Å². The molecule has 0 amide bonds. The molecule has 0 heterocycles. The SMILES string of the molecule is C/C=C/C(=O)C12CC3CC(CC(C3)C1)C2. The van der Waals surface area contributed by atoms with E-state index >= 15 is 0 Å². The molecule has 0 N–H and O–H groups in total. The van der Waals surface area contributed by atoms with Crippen LogP contribution in [0.3, 0.4) is 0 Å². The fraction of sp³-hybridized carbons (Fsp3) is 0.786. The molecule has 0 atom stereocenters. The first kappa shape index (κ1) is 9.62. The summed E-state index contributed by atoms with van der Waals surface area (Å²) in [5, 5.41) is 0. The van der Waals surface area contributed by atoms with Crippen LogP contribution in [0.25, 0.3) is 0 Å². The molecular weight excluding hydrogens is 184 g/mol. The van der Waals surface area contributed by atoms with Crippen molar-refractivity contribution < 1.29 is 4.79 Å². The van der Waals surface area contributed by atoms with Gasteiger partial charge in [-0.25, -0.2) is 0 Å². The van der Waals surface area contributed by atoms with E-state index in [9.17, 15) is 4.79 Å². The summed E-state index contributed by atoms with van der Waals surface area (Å²) >= 11 is 0. The maximum absolute atomic E-state index is 12.2. The van der Waals surface area contributed by atoms with E-state index < -0.39 is 0 Å². The highest BCUT2D eigenvalue weighted by Crippen LogP contribution is 2.60. The van der Waals surface area contributed by atoms with E-state index in [4.69, 9.17) is 0 Å². The van der Waals surface area contributed by atoms with Crippen molar-refractivity contribution in [2.24, 2.45) is 23.2 Å². The van der Waals surface area contributed by atoms with Crippen LogP contribution < -0.4 is 0 Å². The summed E-state index contributed by atoms with van der Waals surface area (Å²) in [6, 6.07) is 0. The van der Waals surface area contributed by atoms with E-state index in [1.54, 1.807) is 0 Å². The Morgan fingerprint density at radius 3 is 1.93 bits per heavy atom. The third kappa shape index (κ3) is 1.39. The first-order valence-corrected chi connectivity index (χ1v) is 6.39. The average molecular weight is 204 g/mol. The highest BCUT2D eigenvalue weighted by Gasteiger charge is 2.53. The number of allylic oxidation sites excluding steroid dienone is 2. The number of ketones is 1. The van der Waals surface area contributed by atoms with Gasteiger partial charge < -0.3 is 0 Å². The molecule has 0 saturated heterocycles. The molecule has 0 aromatic rings. The molecule has 0 aromatic heterocycles. The molecule has 0 spiro atoms. The minimum Gasteiger partial charge on any atom is -0.294 e. The molecule has 15 heavy (non-hydrogen) atoms. The highest BCUT2D eigenvalue weighted by molar-refractivity contribution is 5.95. The summed E-state index contributed by atoms with van der Waals surface area (Å²) in [4.78, 5) is 12.2. The van der Waals surface area contributed by atoms with Gasteiger partial charge in [-0.1, -0.05) is 6.08 Å². The van der Waals surface area contributed by atoms with Gasteiger partial charge in [-0.05, 0) is 69.3 Å². The minimum absolute atomic E-state index is 0.0846. The van der Waals surface area contributed by atoms with Gasteiger partial charge in [-0.3, -0.25) is 4.79 Å². The Hall–Kier alpha value is -0.590. The van der Waals surface area contributed by atoms with Crippen LogP contribution in [0, 0.1) is 23.2 Å². The lowest BCUT2D eigenvalue weighted by Gasteiger charge is -2.55. The topological polar surface area (TPSA) is 17.1 Å². The lowest BCUT2D eigenvalue weighted by atomic mass is 9.48. The number of hydrogen-bond acceptors (Lipinski definition) is 1. The van der Waals surface area contributed by atoms with E-state index in [0.29, 0.717) is 5.78 Å². The highest BCUT2D eigenvalue weighted by atomic mass is 16.1. The van der Waals surface area contributed by atoms with Crippen molar-refractivity contribution in [3.8, 4) is 0 Å². The fourth-order valence-corrected chi connectivity index (χ4v) is 4.74. The quantitative estimate of drug-likeness (QED) is 0.630. The molecule has 4 rings (SSSR count). The fourth-order valence-electron chi connectivity index (χ4n) is 4.74. The largest absolute Gasteiger partial charge is 0.294 e. The van der Waals surface area contributed by atoms with Crippen LogP contribution in [0.5, 0.6) is 0 Å². The molecule has 1 heteroatoms. The van der Waals surface area contributed by atoms with Crippen molar-refractivity contribution >= 4 is 5.78 Å². The lowest BCUT2D eigenvalue weighted by Crippen LogP contribution is -2.49. The number of carbonyl (C=O) groups excluding carboxylic acids is 1. The lowest BCUT2D eigenvalue weighted by molar-refractivity contribution is -0.138. The summed E-state index contributed by atoms with van der Waals surface area (Å²) < 4.78 is 0. The molecule has 82 valence electrons. The Bertz CT molecular complexity index is 278. The first-order chi connectivity index (χ1) is 7.22. The summed E-state index contributed by atoms with van der Waals surface area (Å²) in [7, 11) is 0. The molecule has 0 unspecified atom stereocenters. The van der Waals surface area contributed by atoms with Crippen molar-refractivity contribution in [3.63, 3.8) is 0 Å². The monoisotopic (exact) mass is 204 g/mol. The van der Waals surface area contributed by atoms with E-state index in [1.807, 2.05) is 19.1 Å². The van der Waals surface area contributed by atoms with Gasteiger partial charge >= 0.3 is 0 Å². The van der Waals surface area contributed by atoms with Crippen molar-refractivity contribution in [2.45, 2.75) is 45.4 Å². The summed E-state index contributed by atoms with van der Waals surface area (Å²) in [5.41, 5.74) is 0.0846. The minimum atomic E-state index is 0.0846. The van der Waals surface area contributed by atoms with Gasteiger partial charge in [0.1, 0.15) is 0 Å². The molecule has 0 radical (unpaired) electrons. The molecule has 1 nitrogen and oxygen atoms in total. The van der Waals surface area contributed by atoms with E-state index in [1.165, 1.54) is 38.5 Å². The van der Waals surface area contributed by atoms with E-state index in [0.717, 1.165) is 17.8 Å². The van der Waals surface area contributed by atoms with E-state index in [2.05, 4.69) is 0 Å². The average Bonchev–Trinajstić information content (AvgIpc) is 2.15. The van der Waals surface area contributed by atoms with Crippen molar-refractivity contribution in [2.75, 3.05) is 0 Å². The van der Waals surface area contributed by atoms with Gasteiger partial charge in [0.25, 0.3) is 0 Å². The molecule has 0 aliphatic heterocycles. The standard InChI is InChI=1S/C14H20O/c1-2-3-13(15)14-7-10-4-11(8-14)6-12(5-10)9-14/h2-3,10-12H,4-9H2,1H3/b3-2+. The predicted molar refractivity (Wildman–Crippen MR) is 60.4 cm³/mol. The zero-order chi connectivity index (χ0) is 10.5. The van der Waals surface area contributed by atoms with Crippen LogP contribution in [0.2, 0.25) is 0 Å². The Morgan fingerprint density at radius 2 is 1.53 bits per heavy atom. The van der Waals surface area contributed by atoms with Crippen LogP contribution in [-0.2, 0) is 4.79 Å². The van der Waals surface area contributed by atoms with Crippen LogP contribution in [0.1, 0.15) is 45.4 Å². The normalized spacial score (nSPS) is 47.7. The van der Waals surface area contributed by atoms with Crippen LogP contribution >= 0.6 is 0 Å².